The molecule has 0 saturated heterocycles. The molecule has 2 rings (SSSR count). The summed E-state index contributed by atoms with van der Waals surface area (Å²) in [6.45, 7) is 4.36. The first-order valence-electron chi connectivity index (χ1n) is 5.42. The first-order chi connectivity index (χ1) is 8.69. The SMILES string of the molecule is Cc1ccccc1Pc1ccccc1C.[Cl][Ru][Cl]. The summed E-state index contributed by atoms with van der Waals surface area (Å²) in [6.07, 6.45) is 0. The van der Waals surface area contributed by atoms with Gasteiger partial charge in [0.25, 0.3) is 0 Å². The van der Waals surface area contributed by atoms with Crippen LogP contribution < -0.4 is 10.6 Å². The molecule has 0 nitrogen and oxygen atoms in total. The molecule has 0 aliphatic heterocycles. The van der Waals surface area contributed by atoms with Crippen molar-refractivity contribution in [2.75, 3.05) is 0 Å². The van der Waals surface area contributed by atoms with E-state index in [0.29, 0.717) is 0 Å². The molecular formula is C14H15Cl2PRu. The summed E-state index contributed by atoms with van der Waals surface area (Å²) in [7, 11) is 10.5. The van der Waals surface area contributed by atoms with Crippen molar-refractivity contribution < 1.29 is 15.1 Å². The molecule has 0 bridgehead atoms. The van der Waals surface area contributed by atoms with Gasteiger partial charge in [0.2, 0.25) is 0 Å². The van der Waals surface area contributed by atoms with E-state index in [0.717, 1.165) is 8.58 Å². The second-order valence-electron chi connectivity index (χ2n) is 3.81. The van der Waals surface area contributed by atoms with Crippen molar-refractivity contribution in [2.24, 2.45) is 0 Å². The molecule has 18 heavy (non-hydrogen) atoms. The van der Waals surface area contributed by atoms with Crippen LogP contribution >= 0.6 is 28.0 Å². The zero-order chi connectivity index (χ0) is 13.4. The molecule has 2 aromatic rings. The minimum absolute atomic E-state index is 0.346. The summed E-state index contributed by atoms with van der Waals surface area (Å²) in [5.41, 5.74) is 2.78. The van der Waals surface area contributed by atoms with Crippen molar-refractivity contribution in [3.8, 4) is 0 Å². The van der Waals surface area contributed by atoms with Gasteiger partial charge in [-0.2, -0.15) is 0 Å². The van der Waals surface area contributed by atoms with Gasteiger partial charge in [0.15, 0.2) is 0 Å². The number of aryl methyl sites for hydroxylation is 2. The standard InChI is InChI=1S/C14H15P.2ClH.Ru/c1-11-7-3-5-9-13(11)15-14-10-6-4-8-12(14)2;;;/h3-10,15H,1-2H3;2*1H;/q;;;+2/p-2. The van der Waals surface area contributed by atoms with E-state index >= 15 is 0 Å². The molecule has 4 heteroatoms. The number of benzene rings is 2. The van der Waals surface area contributed by atoms with Gasteiger partial charge in [-0.15, -0.1) is 0 Å². The van der Waals surface area contributed by atoms with Gasteiger partial charge in [0, 0.05) is 0 Å². The van der Waals surface area contributed by atoms with Crippen LogP contribution in [0.4, 0.5) is 0 Å². The predicted molar refractivity (Wildman–Crippen MR) is 81.6 cm³/mol. The Labute approximate surface area is 127 Å². The fraction of sp³-hybridized carbons (Fsp3) is 0.143. The maximum atomic E-state index is 4.85. The molecule has 0 radical (unpaired) electrons. The number of halogens is 2. The zero-order valence-corrected chi connectivity index (χ0v) is 14.5. The molecule has 0 saturated carbocycles. The van der Waals surface area contributed by atoms with Crippen molar-refractivity contribution in [1.82, 2.24) is 0 Å². The minimum atomic E-state index is -0.346. The number of hydrogen-bond acceptors (Lipinski definition) is 0. The van der Waals surface area contributed by atoms with Crippen molar-refractivity contribution in [2.45, 2.75) is 13.8 Å². The van der Waals surface area contributed by atoms with Gasteiger partial charge in [-0.05, 0) is 35.6 Å². The average molecular weight is 386 g/mol. The molecule has 0 spiro atoms. The summed E-state index contributed by atoms with van der Waals surface area (Å²) in [5.74, 6) is 0. The van der Waals surface area contributed by atoms with E-state index in [1.54, 1.807) is 0 Å². The van der Waals surface area contributed by atoms with Crippen LogP contribution in [-0.2, 0) is 15.1 Å². The molecule has 98 valence electrons. The van der Waals surface area contributed by atoms with E-state index in [1.165, 1.54) is 21.7 Å². The summed E-state index contributed by atoms with van der Waals surface area (Å²) in [5, 5.41) is 2.90. The normalized spacial score (nSPS) is 9.78. The maximum absolute atomic E-state index is 4.85. The molecule has 0 heterocycles. The molecule has 0 N–H and O–H groups in total. The Kier molecular flexibility index (Phi) is 8.11. The predicted octanol–water partition coefficient (Wildman–Crippen LogP) is 4.31. The van der Waals surface area contributed by atoms with Crippen LogP contribution in [0.5, 0.6) is 0 Å². The van der Waals surface area contributed by atoms with Crippen molar-refractivity contribution in [3.63, 3.8) is 0 Å². The van der Waals surface area contributed by atoms with Crippen LogP contribution in [0.2, 0.25) is 0 Å². The van der Waals surface area contributed by atoms with Gasteiger partial charge < -0.3 is 0 Å². The third-order valence-corrected chi connectivity index (χ3v) is 4.22. The molecule has 0 aliphatic rings. The van der Waals surface area contributed by atoms with E-state index in [1.807, 2.05) is 0 Å². The third kappa shape index (κ3) is 5.37. The summed E-state index contributed by atoms with van der Waals surface area (Å²) in [4.78, 5) is 0. The van der Waals surface area contributed by atoms with Crippen molar-refractivity contribution >= 4 is 38.6 Å². The molecule has 2 aromatic carbocycles. The Hall–Kier alpha value is 0.0734. The van der Waals surface area contributed by atoms with Gasteiger partial charge in [-0.25, -0.2) is 0 Å². The first kappa shape index (κ1) is 16.1. The monoisotopic (exact) mass is 386 g/mol. The van der Waals surface area contributed by atoms with Gasteiger partial charge >= 0.3 is 34.5 Å². The summed E-state index contributed by atoms with van der Waals surface area (Å²) in [6, 6.07) is 17.2. The van der Waals surface area contributed by atoms with E-state index in [2.05, 4.69) is 62.4 Å². The summed E-state index contributed by atoms with van der Waals surface area (Å²) >= 11 is -0.346. The Bertz CT molecular complexity index is 445. The Balaban J connectivity index is 0.000000492. The fourth-order valence-corrected chi connectivity index (χ4v) is 2.78. The fourth-order valence-electron chi connectivity index (χ4n) is 1.57. The third-order valence-electron chi connectivity index (χ3n) is 2.56. The summed E-state index contributed by atoms with van der Waals surface area (Å²) < 4.78 is 0. The average Bonchev–Trinajstić information content (AvgIpc) is 2.36. The van der Waals surface area contributed by atoms with E-state index in [-0.39, 0.29) is 15.1 Å². The van der Waals surface area contributed by atoms with Gasteiger partial charge in [-0.3, -0.25) is 0 Å². The number of hydrogen-bond donors (Lipinski definition) is 0. The van der Waals surface area contributed by atoms with Crippen LogP contribution in [0.3, 0.4) is 0 Å². The molecule has 0 atom stereocenters. The first-order valence-corrected chi connectivity index (χ1v) is 10.9. The molecule has 0 aliphatic carbocycles. The van der Waals surface area contributed by atoms with Crippen LogP contribution in [0.15, 0.2) is 48.5 Å². The Morgan fingerprint density at radius 2 is 1.11 bits per heavy atom. The van der Waals surface area contributed by atoms with Crippen LogP contribution in [0.25, 0.3) is 0 Å². The van der Waals surface area contributed by atoms with E-state index < -0.39 is 0 Å². The van der Waals surface area contributed by atoms with Crippen LogP contribution in [-0.4, -0.2) is 0 Å². The second kappa shape index (κ2) is 9.05. The van der Waals surface area contributed by atoms with Gasteiger partial charge in [-0.1, -0.05) is 57.1 Å². The van der Waals surface area contributed by atoms with Crippen LogP contribution in [0.1, 0.15) is 11.1 Å². The molecule has 0 amide bonds. The molecule has 0 fully saturated rings. The van der Waals surface area contributed by atoms with E-state index in [9.17, 15) is 0 Å². The Morgan fingerprint density at radius 1 is 0.778 bits per heavy atom. The second-order valence-corrected chi connectivity index (χ2v) is 7.77. The Morgan fingerprint density at radius 3 is 1.44 bits per heavy atom. The van der Waals surface area contributed by atoms with Crippen molar-refractivity contribution in [1.29, 1.82) is 0 Å². The van der Waals surface area contributed by atoms with Crippen LogP contribution in [0, 0.1) is 13.8 Å². The number of rotatable bonds is 2. The van der Waals surface area contributed by atoms with Gasteiger partial charge in [0.1, 0.15) is 0 Å². The zero-order valence-electron chi connectivity index (χ0n) is 10.2. The quantitative estimate of drug-likeness (QED) is 0.533. The van der Waals surface area contributed by atoms with Gasteiger partial charge in [0.05, 0.1) is 0 Å². The molecular weight excluding hydrogens is 371 g/mol. The topological polar surface area (TPSA) is 0 Å². The molecule has 0 unspecified atom stereocenters. The van der Waals surface area contributed by atoms with E-state index in [4.69, 9.17) is 19.4 Å². The van der Waals surface area contributed by atoms with Crippen molar-refractivity contribution in [3.05, 3.63) is 59.7 Å². The molecule has 0 aromatic heterocycles.